The summed E-state index contributed by atoms with van der Waals surface area (Å²) in [6.07, 6.45) is 2.06. The molecule has 0 saturated heterocycles. The van der Waals surface area contributed by atoms with Crippen molar-refractivity contribution in [3.63, 3.8) is 0 Å². The second-order valence-corrected chi connectivity index (χ2v) is 3.42. The predicted octanol–water partition coefficient (Wildman–Crippen LogP) is -0.524. The Morgan fingerprint density at radius 3 is 2.92 bits per heavy atom. The molecule has 0 aliphatic heterocycles. The summed E-state index contributed by atoms with van der Waals surface area (Å²) < 4.78 is 0. The lowest BCUT2D eigenvalue weighted by molar-refractivity contribution is 0.197. The van der Waals surface area contributed by atoms with Crippen molar-refractivity contribution in [2.45, 2.75) is 12.5 Å². The van der Waals surface area contributed by atoms with Crippen LogP contribution in [0.4, 0.5) is 0 Å². The smallest absolute Gasteiger partial charge is 0.177 e. The maximum atomic E-state index is 9.37. The number of thioether (sulfide) groups is 1. The van der Waals surface area contributed by atoms with Crippen molar-refractivity contribution >= 4 is 11.8 Å². The summed E-state index contributed by atoms with van der Waals surface area (Å²) in [7, 11) is 1.71. The molecule has 0 fully saturated rings. The van der Waals surface area contributed by atoms with Gasteiger partial charge in [-0.3, -0.25) is 0 Å². The Hall–Kier alpha value is -0.620. The molecule has 5 nitrogen and oxygen atoms in total. The number of hydrogen-bond acceptors (Lipinski definition) is 5. The van der Waals surface area contributed by atoms with Gasteiger partial charge in [-0.05, 0) is 11.5 Å². The van der Waals surface area contributed by atoms with Crippen LogP contribution < -0.4 is 0 Å². The van der Waals surface area contributed by atoms with Crippen molar-refractivity contribution in [3.05, 3.63) is 5.82 Å². The summed E-state index contributed by atoms with van der Waals surface area (Å²) in [6, 6.07) is 0. The summed E-state index contributed by atoms with van der Waals surface area (Å²) in [5, 5.41) is 20.8. The van der Waals surface area contributed by atoms with Crippen LogP contribution in [0.1, 0.15) is 5.82 Å². The van der Waals surface area contributed by atoms with Crippen LogP contribution in [-0.4, -0.2) is 43.4 Å². The maximum Gasteiger partial charge on any atom is 0.177 e. The van der Waals surface area contributed by atoms with Crippen LogP contribution in [0.25, 0.3) is 0 Å². The van der Waals surface area contributed by atoms with Gasteiger partial charge in [0.15, 0.2) is 5.82 Å². The van der Waals surface area contributed by atoms with Gasteiger partial charge >= 0.3 is 0 Å². The highest BCUT2D eigenvalue weighted by Gasteiger charge is 2.08. The van der Waals surface area contributed by atoms with Crippen molar-refractivity contribution in [3.8, 4) is 0 Å². The standard InChI is InChI=1S/C6H12N4OS/c1-10-8-6(7-9-10)3-5(11)4-12-2/h5,11H,3-4H2,1-2H3. The summed E-state index contributed by atoms with van der Waals surface area (Å²) in [5.41, 5.74) is 0. The van der Waals surface area contributed by atoms with Gasteiger partial charge < -0.3 is 5.11 Å². The van der Waals surface area contributed by atoms with Gasteiger partial charge in [-0.15, -0.1) is 10.2 Å². The van der Waals surface area contributed by atoms with Gasteiger partial charge in [-0.25, -0.2) is 0 Å². The van der Waals surface area contributed by atoms with Crippen LogP contribution in [0.15, 0.2) is 0 Å². The molecule has 1 heterocycles. The Morgan fingerprint density at radius 1 is 1.67 bits per heavy atom. The summed E-state index contributed by atoms with van der Waals surface area (Å²) in [5.74, 6) is 1.30. The molecule has 1 atom stereocenters. The number of aliphatic hydroxyl groups is 1. The molecule has 68 valence electrons. The van der Waals surface area contributed by atoms with E-state index in [2.05, 4.69) is 15.4 Å². The third-order valence-corrected chi connectivity index (χ3v) is 2.05. The van der Waals surface area contributed by atoms with Crippen LogP contribution in [0.2, 0.25) is 0 Å². The van der Waals surface area contributed by atoms with Crippen LogP contribution in [-0.2, 0) is 13.5 Å². The molecule has 0 aliphatic rings. The van der Waals surface area contributed by atoms with Crippen molar-refractivity contribution in [2.75, 3.05) is 12.0 Å². The second kappa shape index (κ2) is 4.42. The highest BCUT2D eigenvalue weighted by molar-refractivity contribution is 7.98. The fourth-order valence-corrected chi connectivity index (χ4v) is 1.37. The number of aromatic nitrogens is 4. The average Bonchev–Trinajstić information content (AvgIpc) is 2.36. The van der Waals surface area contributed by atoms with Gasteiger partial charge in [0.05, 0.1) is 13.2 Å². The monoisotopic (exact) mass is 188 g/mol. The molecule has 6 heteroatoms. The van der Waals surface area contributed by atoms with E-state index in [1.807, 2.05) is 6.26 Å². The number of nitrogens with zero attached hydrogens (tertiary/aromatic N) is 4. The first kappa shape index (κ1) is 9.47. The van der Waals surface area contributed by atoms with E-state index in [-0.39, 0.29) is 6.10 Å². The zero-order valence-electron chi connectivity index (χ0n) is 7.14. The van der Waals surface area contributed by atoms with E-state index in [0.29, 0.717) is 18.0 Å². The number of hydrogen-bond donors (Lipinski definition) is 1. The van der Waals surface area contributed by atoms with Gasteiger partial charge in [0.1, 0.15) is 0 Å². The molecule has 0 bridgehead atoms. The Balaban J connectivity index is 2.41. The lowest BCUT2D eigenvalue weighted by Crippen LogP contribution is -2.14. The molecule has 0 aromatic carbocycles. The summed E-state index contributed by atoms with van der Waals surface area (Å²) >= 11 is 1.60. The zero-order chi connectivity index (χ0) is 8.97. The van der Waals surface area contributed by atoms with Gasteiger partial charge in [0.2, 0.25) is 0 Å². The van der Waals surface area contributed by atoms with Crippen molar-refractivity contribution < 1.29 is 5.11 Å². The molecule has 1 aromatic rings. The minimum absolute atomic E-state index is 0.371. The normalized spacial score (nSPS) is 13.2. The van der Waals surface area contributed by atoms with Crippen LogP contribution in [0, 0.1) is 0 Å². The van der Waals surface area contributed by atoms with E-state index in [9.17, 15) is 5.11 Å². The third kappa shape index (κ3) is 2.78. The Labute approximate surface area is 75.2 Å². The molecular weight excluding hydrogens is 176 g/mol. The second-order valence-electron chi connectivity index (χ2n) is 2.51. The first-order valence-electron chi connectivity index (χ1n) is 3.62. The lowest BCUT2D eigenvalue weighted by Gasteiger charge is -2.03. The Bertz CT molecular complexity index is 239. The SMILES string of the molecule is CSCC(O)Cc1nnn(C)n1. The third-order valence-electron chi connectivity index (χ3n) is 1.33. The molecular formula is C6H12N4OS. The van der Waals surface area contributed by atoms with Gasteiger partial charge in [-0.2, -0.15) is 16.6 Å². The molecule has 1 unspecified atom stereocenters. The summed E-state index contributed by atoms with van der Waals surface area (Å²) in [4.78, 5) is 1.39. The van der Waals surface area contributed by atoms with E-state index in [4.69, 9.17) is 0 Å². The topological polar surface area (TPSA) is 63.8 Å². The van der Waals surface area contributed by atoms with E-state index < -0.39 is 0 Å². The van der Waals surface area contributed by atoms with Crippen molar-refractivity contribution in [1.82, 2.24) is 20.2 Å². The number of rotatable bonds is 4. The number of aliphatic hydroxyl groups excluding tert-OH is 1. The Morgan fingerprint density at radius 2 is 2.42 bits per heavy atom. The van der Waals surface area contributed by atoms with E-state index in [0.717, 1.165) is 0 Å². The minimum Gasteiger partial charge on any atom is -0.392 e. The minimum atomic E-state index is -0.371. The number of tetrazole rings is 1. The van der Waals surface area contributed by atoms with E-state index in [1.165, 1.54) is 4.80 Å². The lowest BCUT2D eigenvalue weighted by atomic mass is 10.3. The zero-order valence-corrected chi connectivity index (χ0v) is 7.95. The maximum absolute atomic E-state index is 9.37. The Kier molecular flexibility index (Phi) is 3.48. The molecule has 0 radical (unpaired) electrons. The molecule has 1 rings (SSSR count). The fourth-order valence-electron chi connectivity index (χ4n) is 0.867. The molecule has 0 saturated carbocycles. The average molecular weight is 188 g/mol. The quantitative estimate of drug-likeness (QED) is 0.688. The van der Waals surface area contributed by atoms with Gasteiger partial charge in [0.25, 0.3) is 0 Å². The van der Waals surface area contributed by atoms with Crippen molar-refractivity contribution in [2.24, 2.45) is 7.05 Å². The fraction of sp³-hybridized carbons (Fsp3) is 0.833. The molecule has 0 aliphatic carbocycles. The van der Waals surface area contributed by atoms with Gasteiger partial charge in [0, 0.05) is 12.2 Å². The van der Waals surface area contributed by atoms with E-state index >= 15 is 0 Å². The van der Waals surface area contributed by atoms with E-state index in [1.54, 1.807) is 18.8 Å². The van der Waals surface area contributed by atoms with Gasteiger partial charge in [-0.1, -0.05) is 0 Å². The highest BCUT2D eigenvalue weighted by atomic mass is 32.2. The molecule has 12 heavy (non-hydrogen) atoms. The molecule has 1 N–H and O–H groups in total. The summed E-state index contributed by atoms with van der Waals surface area (Å²) in [6.45, 7) is 0. The van der Waals surface area contributed by atoms with Crippen LogP contribution in [0.3, 0.4) is 0 Å². The largest absolute Gasteiger partial charge is 0.392 e. The molecule has 1 aromatic heterocycles. The molecule has 0 amide bonds. The van der Waals surface area contributed by atoms with Crippen LogP contribution >= 0.6 is 11.8 Å². The van der Waals surface area contributed by atoms with Crippen LogP contribution in [0.5, 0.6) is 0 Å². The molecule has 0 spiro atoms. The first-order valence-corrected chi connectivity index (χ1v) is 5.01. The predicted molar refractivity (Wildman–Crippen MR) is 46.9 cm³/mol. The first-order chi connectivity index (χ1) is 5.72. The number of aryl methyl sites for hydroxylation is 1. The highest BCUT2D eigenvalue weighted by Crippen LogP contribution is 2.01. The van der Waals surface area contributed by atoms with Crippen molar-refractivity contribution in [1.29, 1.82) is 0 Å².